The van der Waals surface area contributed by atoms with Crippen molar-refractivity contribution in [3.8, 4) is 0 Å². The lowest BCUT2D eigenvalue weighted by Crippen LogP contribution is -2.35. The van der Waals surface area contributed by atoms with Crippen LogP contribution >= 0.6 is 11.3 Å². The minimum absolute atomic E-state index is 0.0250. The zero-order valence-corrected chi connectivity index (χ0v) is 17.1. The molecular weight excluding hydrogens is 394 g/mol. The number of piperidine rings is 1. The summed E-state index contributed by atoms with van der Waals surface area (Å²) in [5.41, 5.74) is 0.714. The molecule has 2 heterocycles. The quantitative estimate of drug-likeness (QED) is 0.771. The number of hydrogen-bond donors (Lipinski definition) is 1. The van der Waals surface area contributed by atoms with E-state index in [4.69, 9.17) is 0 Å². The molecule has 1 amide bonds. The van der Waals surface area contributed by atoms with E-state index in [1.54, 1.807) is 22.5 Å². The maximum Gasteiger partial charge on any atom is 0.243 e. The van der Waals surface area contributed by atoms with Gasteiger partial charge in [0, 0.05) is 19.0 Å². The Hall–Kier alpha value is -1.77. The predicted octanol–water partition coefficient (Wildman–Crippen LogP) is 3.62. The van der Waals surface area contributed by atoms with E-state index in [1.165, 1.54) is 11.3 Å². The summed E-state index contributed by atoms with van der Waals surface area (Å²) in [6.45, 7) is 1.17. The molecule has 2 aliphatic carbocycles. The van der Waals surface area contributed by atoms with Crippen LogP contribution in [0.15, 0.2) is 35.2 Å². The summed E-state index contributed by atoms with van der Waals surface area (Å²) in [7, 11) is -3.47. The molecule has 1 N–H and O–H groups in total. The van der Waals surface area contributed by atoms with Gasteiger partial charge in [-0.3, -0.25) is 4.79 Å². The Morgan fingerprint density at radius 2 is 1.96 bits per heavy atom. The normalized spacial score (nSPS) is 27.5. The molecule has 1 saturated heterocycles. The molecule has 1 aromatic heterocycles. The standard InChI is InChI=1S/C20H23N3O3S2/c24-19(16-11-13-4-5-14(16)10-13)22-20-21-17-7-6-15(12-18(17)27-20)28(25,26)23-8-2-1-3-9-23/h4-7,12-14,16H,1-3,8-11H2,(H,21,22,24). The molecule has 0 spiro atoms. The second-order valence-electron chi connectivity index (χ2n) is 7.99. The highest BCUT2D eigenvalue weighted by atomic mass is 32.2. The lowest BCUT2D eigenvalue weighted by molar-refractivity contribution is -0.120. The van der Waals surface area contributed by atoms with Crippen LogP contribution in [-0.2, 0) is 14.8 Å². The van der Waals surface area contributed by atoms with Gasteiger partial charge in [-0.2, -0.15) is 4.31 Å². The average Bonchev–Trinajstić information content (AvgIpc) is 3.43. The van der Waals surface area contributed by atoms with Crippen molar-refractivity contribution in [2.24, 2.45) is 17.8 Å². The first-order chi connectivity index (χ1) is 13.5. The summed E-state index contributed by atoms with van der Waals surface area (Å²) in [6, 6.07) is 5.05. The maximum atomic E-state index is 12.9. The van der Waals surface area contributed by atoms with E-state index >= 15 is 0 Å². The molecule has 8 heteroatoms. The fraction of sp³-hybridized carbons (Fsp3) is 0.500. The number of amides is 1. The van der Waals surface area contributed by atoms with Crippen molar-refractivity contribution in [1.82, 2.24) is 9.29 Å². The monoisotopic (exact) mass is 417 g/mol. The summed E-state index contributed by atoms with van der Waals surface area (Å²) < 4.78 is 28.1. The third-order valence-corrected chi connectivity index (χ3v) is 8.99. The highest BCUT2D eigenvalue weighted by molar-refractivity contribution is 7.89. The zero-order valence-electron chi connectivity index (χ0n) is 15.5. The number of carbonyl (C=O) groups excluding carboxylic acids is 1. The molecule has 3 atom stereocenters. The average molecular weight is 418 g/mol. The van der Waals surface area contributed by atoms with Crippen molar-refractivity contribution in [2.45, 2.75) is 37.0 Å². The second-order valence-corrected chi connectivity index (χ2v) is 11.0. The van der Waals surface area contributed by atoms with E-state index < -0.39 is 10.0 Å². The van der Waals surface area contributed by atoms with Gasteiger partial charge in [0.05, 0.1) is 15.1 Å². The summed E-state index contributed by atoms with van der Waals surface area (Å²) in [5.74, 6) is 0.938. The van der Waals surface area contributed by atoms with E-state index in [0.29, 0.717) is 40.5 Å². The molecule has 6 nitrogen and oxygen atoms in total. The summed E-state index contributed by atoms with van der Waals surface area (Å²) in [4.78, 5) is 17.4. The second kappa shape index (κ2) is 6.93. The molecule has 2 bridgehead atoms. The maximum absolute atomic E-state index is 12.9. The van der Waals surface area contributed by atoms with E-state index in [1.807, 2.05) is 0 Å². The molecule has 3 aliphatic rings. The minimum Gasteiger partial charge on any atom is -0.302 e. The Labute approximate surface area is 168 Å². The number of anilines is 1. The third kappa shape index (κ3) is 3.17. The van der Waals surface area contributed by atoms with Crippen LogP contribution in [0.1, 0.15) is 32.1 Å². The Morgan fingerprint density at radius 3 is 2.68 bits per heavy atom. The van der Waals surface area contributed by atoms with Crippen molar-refractivity contribution in [3.05, 3.63) is 30.4 Å². The molecule has 0 radical (unpaired) electrons. The van der Waals surface area contributed by atoms with Crippen LogP contribution in [0.25, 0.3) is 10.2 Å². The van der Waals surface area contributed by atoms with Crippen LogP contribution in [0.3, 0.4) is 0 Å². The molecule has 5 rings (SSSR count). The van der Waals surface area contributed by atoms with Crippen molar-refractivity contribution in [2.75, 3.05) is 18.4 Å². The van der Waals surface area contributed by atoms with Crippen molar-refractivity contribution in [1.29, 1.82) is 0 Å². The number of nitrogens with one attached hydrogen (secondary N) is 1. The Balaban J connectivity index is 1.36. The number of thiazole rings is 1. The lowest BCUT2D eigenvalue weighted by atomic mass is 9.93. The van der Waals surface area contributed by atoms with Crippen molar-refractivity contribution in [3.63, 3.8) is 0 Å². The van der Waals surface area contributed by atoms with Gasteiger partial charge < -0.3 is 5.32 Å². The molecule has 2 aromatic rings. The molecule has 28 heavy (non-hydrogen) atoms. The topological polar surface area (TPSA) is 79.4 Å². The highest BCUT2D eigenvalue weighted by Crippen LogP contribution is 2.44. The number of carbonyl (C=O) groups is 1. The number of fused-ring (bicyclic) bond motifs is 3. The molecule has 1 saturated carbocycles. The first-order valence-corrected chi connectivity index (χ1v) is 12.2. The number of allylic oxidation sites excluding steroid dienone is 2. The van der Waals surface area contributed by atoms with Crippen molar-refractivity contribution < 1.29 is 13.2 Å². The summed E-state index contributed by atoms with van der Waals surface area (Å²) in [5, 5.41) is 3.50. The first-order valence-electron chi connectivity index (χ1n) is 9.91. The third-order valence-electron chi connectivity index (χ3n) is 6.16. The van der Waals surface area contributed by atoms with Crippen LogP contribution in [0.5, 0.6) is 0 Å². The predicted molar refractivity (Wildman–Crippen MR) is 110 cm³/mol. The number of benzene rings is 1. The van der Waals surface area contributed by atoms with E-state index in [-0.39, 0.29) is 11.8 Å². The number of sulfonamides is 1. The molecule has 1 aliphatic heterocycles. The van der Waals surface area contributed by atoms with E-state index in [9.17, 15) is 13.2 Å². The van der Waals surface area contributed by atoms with Gasteiger partial charge in [-0.25, -0.2) is 13.4 Å². The molecule has 148 valence electrons. The SMILES string of the molecule is O=C(Nc1nc2ccc(S(=O)(=O)N3CCCCC3)cc2s1)C1CC2C=CC1C2. The van der Waals surface area contributed by atoms with Crippen LogP contribution in [0, 0.1) is 17.8 Å². The Morgan fingerprint density at radius 1 is 1.14 bits per heavy atom. The van der Waals surface area contributed by atoms with Crippen LogP contribution in [0.2, 0.25) is 0 Å². The van der Waals surface area contributed by atoms with Gasteiger partial charge in [0.15, 0.2) is 5.13 Å². The van der Waals surface area contributed by atoms with Gasteiger partial charge in [-0.05, 0) is 55.7 Å². The van der Waals surface area contributed by atoms with Crippen LogP contribution in [-0.4, -0.2) is 36.7 Å². The van der Waals surface area contributed by atoms with Gasteiger partial charge in [0.25, 0.3) is 0 Å². The molecular formula is C20H23N3O3S2. The number of nitrogens with zero attached hydrogens (tertiary/aromatic N) is 2. The summed E-state index contributed by atoms with van der Waals surface area (Å²) in [6.07, 6.45) is 9.28. The smallest absolute Gasteiger partial charge is 0.243 e. The molecule has 1 aromatic carbocycles. The molecule has 3 unspecified atom stereocenters. The lowest BCUT2D eigenvalue weighted by Gasteiger charge is -2.25. The fourth-order valence-corrected chi connectivity index (χ4v) is 7.18. The van der Waals surface area contributed by atoms with Gasteiger partial charge >= 0.3 is 0 Å². The van der Waals surface area contributed by atoms with Crippen LogP contribution < -0.4 is 5.32 Å². The van der Waals surface area contributed by atoms with Crippen LogP contribution in [0.4, 0.5) is 5.13 Å². The number of rotatable bonds is 4. The van der Waals surface area contributed by atoms with E-state index in [2.05, 4.69) is 22.5 Å². The number of hydrogen-bond acceptors (Lipinski definition) is 5. The van der Waals surface area contributed by atoms with Gasteiger partial charge in [0.1, 0.15) is 0 Å². The largest absolute Gasteiger partial charge is 0.302 e. The highest BCUT2D eigenvalue weighted by Gasteiger charge is 2.40. The number of aromatic nitrogens is 1. The zero-order chi connectivity index (χ0) is 19.3. The van der Waals surface area contributed by atoms with Gasteiger partial charge in [-0.15, -0.1) is 0 Å². The summed E-state index contributed by atoms with van der Waals surface area (Å²) >= 11 is 1.34. The van der Waals surface area contributed by atoms with Gasteiger partial charge in [-0.1, -0.05) is 29.9 Å². The van der Waals surface area contributed by atoms with E-state index in [0.717, 1.165) is 36.8 Å². The van der Waals surface area contributed by atoms with Crippen molar-refractivity contribution >= 4 is 42.6 Å². The van der Waals surface area contributed by atoms with Gasteiger partial charge in [0.2, 0.25) is 15.9 Å². The molecule has 2 fully saturated rings. The minimum atomic E-state index is -3.47. The fourth-order valence-electron chi connectivity index (χ4n) is 4.65. The Bertz CT molecular complexity index is 1050. The first kappa shape index (κ1) is 18.3. The Kier molecular flexibility index (Phi) is 4.52.